The Morgan fingerprint density at radius 1 is 1.12 bits per heavy atom. The third kappa shape index (κ3) is 3.21. The quantitative estimate of drug-likeness (QED) is 0.861. The van der Waals surface area contributed by atoms with Gasteiger partial charge in [0.05, 0.1) is 7.11 Å². The molecule has 4 atom stereocenters. The van der Waals surface area contributed by atoms with E-state index in [1.165, 1.54) is 7.11 Å². The minimum atomic E-state index is -0.807. The Hall–Kier alpha value is -2.17. The lowest BCUT2D eigenvalue weighted by molar-refractivity contribution is -0.146. The molecule has 0 radical (unpaired) electrons. The minimum absolute atomic E-state index is 0.0236. The van der Waals surface area contributed by atoms with E-state index in [-0.39, 0.29) is 23.7 Å². The van der Waals surface area contributed by atoms with Gasteiger partial charge in [0, 0.05) is 17.8 Å². The molecule has 5 heteroatoms. The lowest BCUT2D eigenvalue weighted by Crippen LogP contribution is -2.41. The van der Waals surface area contributed by atoms with Crippen molar-refractivity contribution >= 4 is 17.7 Å². The molecular weight excluding hydrogens is 306 g/mol. The first kappa shape index (κ1) is 16.7. The highest BCUT2D eigenvalue weighted by Gasteiger charge is 2.44. The van der Waals surface area contributed by atoms with Gasteiger partial charge in [-0.05, 0) is 38.2 Å². The summed E-state index contributed by atoms with van der Waals surface area (Å²) in [7, 11) is 1.31. The molecule has 24 heavy (non-hydrogen) atoms. The summed E-state index contributed by atoms with van der Waals surface area (Å²) in [6, 6.07) is 6.64. The van der Waals surface area contributed by atoms with Gasteiger partial charge in [0.2, 0.25) is 5.91 Å². The predicted molar refractivity (Wildman–Crippen MR) is 88.0 cm³/mol. The number of carbonyl (C=O) groups excluding carboxylic acids is 3. The second-order valence-electron chi connectivity index (χ2n) is 6.92. The number of hydrogen-bond donors (Lipinski definition) is 1. The van der Waals surface area contributed by atoms with E-state index in [0.717, 1.165) is 18.4 Å². The molecule has 0 aliphatic heterocycles. The number of ketones is 1. The van der Waals surface area contributed by atoms with Crippen LogP contribution in [0.3, 0.4) is 0 Å². The summed E-state index contributed by atoms with van der Waals surface area (Å²) in [5, 5.41) is 2.83. The molecule has 1 N–H and O–H groups in total. The van der Waals surface area contributed by atoms with Crippen LogP contribution in [0, 0.1) is 24.7 Å². The van der Waals surface area contributed by atoms with E-state index in [1.54, 1.807) is 0 Å². The third-order valence-corrected chi connectivity index (χ3v) is 5.31. The highest BCUT2D eigenvalue weighted by Crippen LogP contribution is 2.42. The van der Waals surface area contributed by atoms with Gasteiger partial charge < -0.3 is 10.1 Å². The maximum Gasteiger partial charge on any atom is 0.333 e. The first-order valence-electron chi connectivity index (χ1n) is 8.48. The van der Waals surface area contributed by atoms with E-state index >= 15 is 0 Å². The average Bonchev–Trinajstić information content (AvgIpc) is 2.80. The highest BCUT2D eigenvalue weighted by molar-refractivity contribution is 5.91. The number of ether oxygens (including phenoxy) is 1. The van der Waals surface area contributed by atoms with Crippen molar-refractivity contribution in [2.75, 3.05) is 7.11 Å². The molecule has 128 valence electrons. The molecular formula is C19H23NO4. The third-order valence-electron chi connectivity index (χ3n) is 5.31. The van der Waals surface area contributed by atoms with E-state index in [4.69, 9.17) is 4.74 Å². The van der Waals surface area contributed by atoms with E-state index < -0.39 is 12.0 Å². The van der Waals surface area contributed by atoms with Crippen molar-refractivity contribution in [3.63, 3.8) is 0 Å². The number of nitrogens with one attached hydrogen (secondary N) is 1. The number of rotatable bonds is 4. The van der Waals surface area contributed by atoms with Crippen molar-refractivity contribution in [2.24, 2.45) is 17.8 Å². The predicted octanol–water partition coefficient (Wildman–Crippen LogP) is 2.33. The zero-order valence-corrected chi connectivity index (χ0v) is 14.1. The van der Waals surface area contributed by atoms with Gasteiger partial charge in [-0.25, -0.2) is 4.79 Å². The van der Waals surface area contributed by atoms with Crippen LogP contribution in [0.2, 0.25) is 0 Å². The Morgan fingerprint density at radius 3 is 2.25 bits per heavy atom. The van der Waals surface area contributed by atoms with Crippen molar-refractivity contribution in [1.29, 1.82) is 0 Å². The first-order valence-corrected chi connectivity index (χ1v) is 8.48. The second-order valence-corrected chi connectivity index (χ2v) is 6.92. The number of esters is 1. The highest BCUT2D eigenvalue weighted by atomic mass is 16.5. The number of aryl methyl sites for hydroxylation is 1. The summed E-state index contributed by atoms with van der Waals surface area (Å²) in [4.78, 5) is 36.8. The Bertz CT molecular complexity index is 636. The number of benzene rings is 1. The first-order chi connectivity index (χ1) is 11.5. The van der Waals surface area contributed by atoms with Crippen molar-refractivity contribution < 1.29 is 19.1 Å². The van der Waals surface area contributed by atoms with Crippen LogP contribution in [0.4, 0.5) is 0 Å². The van der Waals surface area contributed by atoms with Gasteiger partial charge in [0.25, 0.3) is 0 Å². The van der Waals surface area contributed by atoms with Crippen LogP contribution in [0.25, 0.3) is 0 Å². The molecule has 0 heterocycles. The smallest absolute Gasteiger partial charge is 0.333 e. The topological polar surface area (TPSA) is 72.5 Å². The average molecular weight is 329 g/mol. The van der Waals surface area contributed by atoms with Gasteiger partial charge in [0.1, 0.15) is 5.78 Å². The molecule has 2 aliphatic rings. The molecule has 1 aromatic rings. The second kappa shape index (κ2) is 6.75. The van der Waals surface area contributed by atoms with Crippen molar-refractivity contribution in [2.45, 2.75) is 38.6 Å². The SMILES string of the molecule is COC(=O)[C@H](NC(=O)C1C[C@H]2CC[C@@H](C1)C2=O)c1ccc(C)cc1. The summed E-state index contributed by atoms with van der Waals surface area (Å²) in [5.74, 6) is -0.469. The summed E-state index contributed by atoms with van der Waals surface area (Å²) in [6.45, 7) is 1.96. The summed E-state index contributed by atoms with van der Waals surface area (Å²) in [6.07, 6.45) is 2.99. The molecule has 2 aliphatic carbocycles. The maximum absolute atomic E-state index is 12.7. The van der Waals surface area contributed by atoms with Crippen LogP contribution in [0.1, 0.15) is 42.9 Å². The zero-order valence-electron chi connectivity index (χ0n) is 14.1. The van der Waals surface area contributed by atoms with Crippen LogP contribution in [-0.4, -0.2) is 24.8 Å². The van der Waals surface area contributed by atoms with Gasteiger partial charge >= 0.3 is 5.97 Å². The molecule has 0 spiro atoms. The maximum atomic E-state index is 12.7. The van der Waals surface area contributed by atoms with E-state index in [0.29, 0.717) is 24.2 Å². The molecule has 2 fully saturated rings. The van der Waals surface area contributed by atoms with Gasteiger partial charge in [-0.15, -0.1) is 0 Å². The number of carbonyl (C=O) groups is 3. The number of methoxy groups -OCH3 is 1. The zero-order chi connectivity index (χ0) is 17.3. The Morgan fingerprint density at radius 2 is 1.71 bits per heavy atom. The summed E-state index contributed by atoms with van der Waals surface area (Å²) < 4.78 is 4.85. The minimum Gasteiger partial charge on any atom is -0.467 e. The molecule has 2 saturated carbocycles. The number of amides is 1. The van der Waals surface area contributed by atoms with Gasteiger partial charge in [-0.3, -0.25) is 9.59 Å². The fraction of sp³-hybridized carbons (Fsp3) is 0.526. The lowest BCUT2D eigenvalue weighted by atomic mass is 9.79. The van der Waals surface area contributed by atoms with Crippen LogP contribution >= 0.6 is 0 Å². The standard InChI is InChI=1S/C19H23NO4/c1-11-3-5-12(6-4-11)16(19(23)24-2)20-18(22)15-9-13-7-8-14(10-15)17(13)21/h3-6,13-16H,7-10H2,1-2H3,(H,20,22)/t13-,14+,15?,16-/m1/s1. The molecule has 0 saturated heterocycles. The van der Waals surface area contributed by atoms with Gasteiger partial charge in [0.15, 0.2) is 6.04 Å². The Balaban J connectivity index is 1.73. The molecule has 1 amide bonds. The van der Waals surface area contributed by atoms with Crippen LogP contribution < -0.4 is 5.32 Å². The molecule has 1 aromatic carbocycles. The van der Waals surface area contributed by atoms with Crippen molar-refractivity contribution in [3.05, 3.63) is 35.4 Å². The van der Waals surface area contributed by atoms with E-state index in [9.17, 15) is 14.4 Å². The number of fused-ring (bicyclic) bond motifs is 2. The molecule has 0 aromatic heterocycles. The van der Waals surface area contributed by atoms with Gasteiger partial charge in [-0.1, -0.05) is 29.8 Å². The molecule has 2 bridgehead atoms. The number of Topliss-reactive ketones (excluding diaryl/α,β-unsaturated/α-hetero) is 1. The summed E-state index contributed by atoms with van der Waals surface area (Å²) in [5.41, 5.74) is 1.78. The normalized spacial score (nSPS) is 26.8. The molecule has 5 nitrogen and oxygen atoms in total. The van der Waals surface area contributed by atoms with Crippen LogP contribution in [0.5, 0.6) is 0 Å². The largest absolute Gasteiger partial charge is 0.467 e. The Labute approximate surface area is 141 Å². The molecule has 1 unspecified atom stereocenters. The van der Waals surface area contributed by atoms with Crippen LogP contribution in [0.15, 0.2) is 24.3 Å². The monoisotopic (exact) mass is 329 g/mol. The Kier molecular flexibility index (Phi) is 4.69. The fourth-order valence-corrected chi connectivity index (χ4v) is 3.90. The fourth-order valence-electron chi connectivity index (χ4n) is 3.90. The van der Waals surface area contributed by atoms with E-state index in [2.05, 4.69) is 5.32 Å². The summed E-state index contributed by atoms with van der Waals surface area (Å²) >= 11 is 0. The van der Waals surface area contributed by atoms with Crippen molar-refractivity contribution in [3.8, 4) is 0 Å². The van der Waals surface area contributed by atoms with Gasteiger partial charge in [-0.2, -0.15) is 0 Å². The number of hydrogen-bond acceptors (Lipinski definition) is 4. The van der Waals surface area contributed by atoms with E-state index in [1.807, 2.05) is 31.2 Å². The lowest BCUT2D eigenvalue weighted by Gasteiger charge is -2.27. The van der Waals surface area contributed by atoms with Crippen molar-refractivity contribution in [1.82, 2.24) is 5.32 Å². The molecule has 3 rings (SSSR count). The van der Waals surface area contributed by atoms with Crippen LogP contribution in [-0.2, 0) is 19.1 Å².